The van der Waals surface area contributed by atoms with Crippen LogP contribution in [0, 0.1) is 6.92 Å². The highest BCUT2D eigenvalue weighted by Crippen LogP contribution is 2.27. The zero-order chi connectivity index (χ0) is 24.9. The Labute approximate surface area is 201 Å². The minimum Gasteiger partial charge on any atom is -0.348 e. The molecule has 0 radical (unpaired) electrons. The van der Waals surface area contributed by atoms with Crippen molar-refractivity contribution in [2.75, 3.05) is 17.1 Å². The normalized spacial score (nSPS) is 12.7. The summed E-state index contributed by atoms with van der Waals surface area (Å²) in [6.07, 6.45) is 1.67. The zero-order valence-electron chi connectivity index (χ0n) is 19.3. The third kappa shape index (κ3) is 5.84. The quantitative estimate of drug-likeness (QED) is 0.481. The number of rotatable bonds is 9. The van der Waals surface area contributed by atoms with E-state index in [9.17, 15) is 21.6 Å². The number of amides is 1. The summed E-state index contributed by atoms with van der Waals surface area (Å²) in [4.78, 5) is 13.4. The van der Waals surface area contributed by atoms with Crippen LogP contribution >= 0.6 is 0 Å². The number of carbonyl (C=O) groups is 1. The van der Waals surface area contributed by atoms with E-state index in [0.29, 0.717) is 12.1 Å². The first-order chi connectivity index (χ1) is 16.0. The molecule has 3 rings (SSSR count). The van der Waals surface area contributed by atoms with Gasteiger partial charge in [-0.05, 0) is 54.8 Å². The van der Waals surface area contributed by atoms with Gasteiger partial charge in [-0.1, -0.05) is 55.5 Å². The van der Waals surface area contributed by atoms with Gasteiger partial charge in [-0.15, -0.1) is 0 Å². The van der Waals surface area contributed by atoms with Gasteiger partial charge in [0.1, 0.15) is 6.54 Å². The number of nitrogens with zero attached hydrogens (tertiary/aromatic N) is 1. The molecule has 0 aromatic heterocycles. The van der Waals surface area contributed by atoms with Crippen LogP contribution in [0.25, 0.3) is 0 Å². The van der Waals surface area contributed by atoms with Crippen molar-refractivity contribution >= 4 is 31.5 Å². The fourth-order valence-corrected chi connectivity index (χ4v) is 5.74. The monoisotopic (exact) mass is 500 g/mol. The Kier molecular flexibility index (Phi) is 7.78. The van der Waals surface area contributed by atoms with Crippen molar-refractivity contribution in [3.63, 3.8) is 0 Å². The van der Waals surface area contributed by atoms with E-state index in [1.807, 2.05) is 6.92 Å². The van der Waals surface area contributed by atoms with Crippen LogP contribution in [0.4, 0.5) is 5.69 Å². The van der Waals surface area contributed by atoms with Crippen molar-refractivity contribution < 1.29 is 21.6 Å². The average Bonchev–Trinajstić information content (AvgIpc) is 2.81. The summed E-state index contributed by atoms with van der Waals surface area (Å²) in [5.41, 5.74) is 1.88. The van der Waals surface area contributed by atoms with Gasteiger partial charge in [-0.25, -0.2) is 16.8 Å². The summed E-state index contributed by atoms with van der Waals surface area (Å²) in [6.45, 7) is 3.27. The number of sulfonamides is 1. The van der Waals surface area contributed by atoms with Gasteiger partial charge in [0.05, 0.1) is 21.5 Å². The van der Waals surface area contributed by atoms with E-state index >= 15 is 0 Å². The molecule has 0 saturated heterocycles. The third-order valence-electron chi connectivity index (χ3n) is 5.46. The first kappa shape index (κ1) is 25.5. The molecule has 9 heteroatoms. The van der Waals surface area contributed by atoms with E-state index in [4.69, 9.17) is 0 Å². The number of benzene rings is 3. The zero-order valence-corrected chi connectivity index (χ0v) is 20.9. The maximum atomic E-state index is 13.5. The van der Waals surface area contributed by atoms with Crippen molar-refractivity contribution in [1.29, 1.82) is 0 Å². The van der Waals surface area contributed by atoms with Crippen LogP contribution in [0.1, 0.15) is 30.5 Å². The number of carbonyl (C=O) groups excluding carboxylic acids is 1. The molecule has 180 valence electrons. The number of aryl methyl sites for hydroxylation is 1. The Balaban J connectivity index is 1.89. The highest BCUT2D eigenvalue weighted by Gasteiger charge is 2.28. The lowest BCUT2D eigenvalue weighted by atomic mass is 10.0. The molecule has 0 aliphatic carbocycles. The molecule has 0 bridgehead atoms. The van der Waals surface area contributed by atoms with E-state index in [1.165, 1.54) is 24.3 Å². The molecule has 0 heterocycles. The summed E-state index contributed by atoms with van der Waals surface area (Å²) in [5.74, 6) is -0.471. The van der Waals surface area contributed by atoms with Crippen molar-refractivity contribution in [2.45, 2.75) is 36.1 Å². The Hall–Kier alpha value is -3.17. The molecule has 7 nitrogen and oxygen atoms in total. The molecule has 0 fully saturated rings. The maximum Gasteiger partial charge on any atom is 0.264 e. The van der Waals surface area contributed by atoms with Crippen molar-refractivity contribution in [1.82, 2.24) is 5.32 Å². The Bertz CT molecular complexity index is 1350. The highest BCUT2D eigenvalue weighted by atomic mass is 32.2. The lowest BCUT2D eigenvalue weighted by Gasteiger charge is -2.27. The first-order valence-corrected chi connectivity index (χ1v) is 14.1. The second-order valence-electron chi connectivity index (χ2n) is 7.98. The van der Waals surface area contributed by atoms with Gasteiger partial charge in [0, 0.05) is 6.26 Å². The molecule has 1 amide bonds. The number of para-hydroxylation sites is 1. The largest absolute Gasteiger partial charge is 0.348 e. The van der Waals surface area contributed by atoms with Crippen LogP contribution < -0.4 is 9.62 Å². The average molecular weight is 501 g/mol. The molecule has 0 aliphatic rings. The van der Waals surface area contributed by atoms with Gasteiger partial charge < -0.3 is 5.32 Å². The van der Waals surface area contributed by atoms with Crippen molar-refractivity contribution in [2.24, 2.45) is 0 Å². The van der Waals surface area contributed by atoms with E-state index in [1.54, 1.807) is 61.5 Å². The maximum absolute atomic E-state index is 13.5. The topological polar surface area (TPSA) is 101 Å². The lowest BCUT2D eigenvalue weighted by molar-refractivity contribution is -0.120. The summed E-state index contributed by atoms with van der Waals surface area (Å²) in [6, 6.07) is 20.9. The van der Waals surface area contributed by atoms with Crippen molar-refractivity contribution in [3.05, 3.63) is 90.0 Å². The van der Waals surface area contributed by atoms with Gasteiger partial charge >= 0.3 is 0 Å². The second kappa shape index (κ2) is 10.4. The Morgan fingerprint density at radius 2 is 1.44 bits per heavy atom. The number of hydrogen-bond acceptors (Lipinski definition) is 5. The summed E-state index contributed by atoms with van der Waals surface area (Å²) >= 11 is 0. The minimum atomic E-state index is -4.00. The molecule has 3 aromatic carbocycles. The number of anilines is 1. The summed E-state index contributed by atoms with van der Waals surface area (Å²) < 4.78 is 51.5. The summed E-state index contributed by atoms with van der Waals surface area (Å²) in [5, 5.41) is 2.89. The van der Waals surface area contributed by atoms with Gasteiger partial charge in [0.15, 0.2) is 9.84 Å². The Morgan fingerprint density at radius 3 is 2.00 bits per heavy atom. The van der Waals surface area contributed by atoms with Crippen LogP contribution in [-0.4, -0.2) is 35.5 Å². The molecular weight excluding hydrogens is 472 g/mol. The van der Waals surface area contributed by atoms with Gasteiger partial charge in [-0.3, -0.25) is 9.10 Å². The van der Waals surface area contributed by atoms with Crippen LogP contribution in [0.3, 0.4) is 0 Å². The molecule has 1 N–H and O–H groups in total. The first-order valence-electron chi connectivity index (χ1n) is 10.8. The highest BCUT2D eigenvalue weighted by molar-refractivity contribution is 7.93. The van der Waals surface area contributed by atoms with E-state index < -0.39 is 38.4 Å². The number of nitrogens with one attached hydrogen (secondary N) is 1. The number of sulfone groups is 1. The molecule has 1 atom stereocenters. The Morgan fingerprint density at radius 1 is 0.853 bits per heavy atom. The minimum absolute atomic E-state index is 0.0921. The van der Waals surface area contributed by atoms with Crippen molar-refractivity contribution in [3.8, 4) is 0 Å². The van der Waals surface area contributed by atoms with E-state index in [2.05, 4.69) is 5.32 Å². The van der Waals surface area contributed by atoms with E-state index in [-0.39, 0.29) is 9.79 Å². The fraction of sp³-hybridized carbons (Fsp3) is 0.240. The van der Waals surface area contributed by atoms with Gasteiger partial charge in [0.2, 0.25) is 5.91 Å². The van der Waals surface area contributed by atoms with Gasteiger partial charge in [0.25, 0.3) is 10.0 Å². The molecule has 1 unspecified atom stereocenters. The molecule has 0 saturated carbocycles. The summed E-state index contributed by atoms with van der Waals surface area (Å²) in [7, 11) is -7.32. The standard InChI is InChI=1S/C25H28N2O5S2/c1-4-23(20-14-16-21(17-15-20)33(3,29)30)26-25(28)18-27(24-13-9-8-10-19(24)2)34(31,32)22-11-6-5-7-12-22/h5-17,23H,4,18H2,1-3H3,(H,26,28). The van der Waals surface area contributed by atoms with E-state index in [0.717, 1.165) is 21.7 Å². The van der Waals surface area contributed by atoms with Crippen LogP contribution in [-0.2, 0) is 24.7 Å². The predicted octanol–water partition coefficient (Wildman–Crippen LogP) is 3.86. The predicted molar refractivity (Wildman–Crippen MR) is 133 cm³/mol. The molecule has 34 heavy (non-hydrogen) atoms. The third-order valence-corrected chi connectivity index (χ3v) is 8.36. The smallest absolute Gasteiger partial charge is 0.264 e. The second-order valence-corrected chi connectivity index (χ2v) is 11.9. The molecular formula is C25H28N2O5S2. The lowest BCUT2D eigenvalue weighted by Crippen LogP contribution is -2.42. The van der Waals surface area contributed by atoms with Crippen LogP contribution in [0.15, 0.2) is 88.7 Å². The van der Waals surface area contributed by atoms with Gasteiger partial charge in [-0.2, -0.15) is 0 Å². The molecule has 0 aliphatic heterocycles. The van der Waals surface area contributed by atoms with Crippen LogP contribution in [0.5, 0.6) is 0 Å². The van der Waals surface area contributed by atoms with Crippen LogP contribution in [0.2, 0.25) is 0 Å². The number of hydrogen-bond donors (Lipinski definition) is 1. The molecule has 3 aromatic rings. The SMILES string of the molecule is CCC(NC(=O)CN(c1ccccc1C)S(=O)(=O)c1ccccc1)c1ccc(S(C)(=O)=O)cc1. The molecule has 0 spiro atoms. The fourth-order valence-electron chi connectivity index (χ4n) is 3.60.